The Hall–Kier alpha value is -2.37. The minimum Gasteiger partial charge on any atom is -0.449 e. The number of alkyl halides is 2. The second-order valence-electron chi connectivity index (χ2n) is 6.31. The fourth-order valence-electron chi connectivity index (χ4n) is 3.30. The average molecular weight is 393 g/mol. The third-order valence-electron chi connectivity index (χ3n) is 4.51. The van der Waals surface area contributed by atoms with E-state index < -0.39 is 39.3 Å². The first-order valence-electron chi connectivity index (χ1n) is 8.40. The number of hydrogen-bond donors (Lipinski definition) is 2. The summed E-state index contributed by atoms with van der Waals surface area (Å²) in [5.74, 6) is -0.155. The molecule has 8 heteroatoms. The molecule has 0 fully saturated rings. The lowest BCUT2D eigenvalue weighted by Crippen LogP contribution is -2.41. The highest BCUT2D eigenvalue weighted by atomic mass is 31.1. The van der Waals surface area contributed by atoms with Crippen LogP contribution in [0.4, 0.5) is 13.6 Å². The molecule has 0 aromatic heterocycles. The summed E-state index contributed by atoms with van der Waals surface area (Å²) in [5, 5.41) is 11.4. The number of hydrogen-bond acceptors (Lipinski definition) is 4. The largest absolute Gasteiger partial charge is 0.449 e. The van der Waals surface area contributed by atoms with Crippen molar-refractivity contribution >= 4 is 14.6 Å². The van der Waals surface area contributed by atoms with Crippen molar-refractivity contribution < 1.29 is 28.0 Å². The van der Waals surface area contributed by atoms with Crippen molar-refractivity contribution in [2.45, 2.75) is 24.0 Å². The van der Waals surface area contributed by atoms with Gasteiger partial charge in [-0.2, -0.15) is 8.78 Å². The van der Waals surface area contributed by atoms with Gasteiger partial charge in [0, 0.05) is 12.3 Å². The lowest BCUT2D eigenvalue weighted by Gasteiger charge is -2.20. The standard InChI is InChI=1S/C19H18F2NO4P/c20-19(21,27-25)9-12(10-23)22-18(24)26-11-17-15-7-3-1-5-13(15)14-6-2-4-8-16(14)17/h1-8,12,17,23H,9-11H2,(H,22,24). The number of rotatable bonds is 7. The topological polar surface area (TPSA) is 75.6 Å². The number of alkyl carbamates (subject to hydrolysis) is 1. The fraction of sp³-hybridized carbons (Fsp3) is 0.316. The minimum atomic E-state index is -3.52. The molecule has 1 unspecified atom stereocenters. The molecule has 0 spiro atoms. The highest BCUT2D eigenvalue weighted by Gasteiger charge is 2.34. The number of nitrogens with one attached hydrogen (secondary N) is 1. The first-order valence-corrected chi connectivity index (χ1v) is 9.21. The van der Waals surface area contributed by atoms with E-state index in [9.17, 15) is 18.1 Å². The molecular formula is C19H18F2NO4P. The molecule has 1 aliphatic carbocycles. The fourth-order valence-corrected chi connectivity index (χ4v) is 3.60. The third kappa shape index (κ3) is 4.31. The maximum Gasteiger partial charge on any atom is 0.407 e. The van der Waals surface area contributed by atoms with E-state index in [4.69, 9.17) is 9.84 Å². The Morgan fingerprint density at radius 2 is 1.70 bits per heavy atom. The van der Waals surface area contributed by atoms with E-state index >= 15 is 0 Å². The van der Waals surface area contributed by atoms with Gasteiger partial charge in [-0.05, 0) is 22.3 Å². The van der Waals surface area contributed by atoms with E-state index in [0.29, 0.717) is 0 Å². The van der Waals surface area contributed by atoms with E-state index in [2.05, 4.69) is 5.32 Å². The van der Waals surface area contributed by atoms with Crippen LogP contribution in [0.15, 0.2) is 48.5 Å². The van der Waals surface area contributed by atoms with Gasteiger partial charge in [0.2, 0.25) is 8.46 Å². The van der Waals surface area contributed by atoms with Gasteiger partial charge < -0.3 is 15.2 Å². The minimum absolute atomic E-state index is 0.0359. The van der Waals surface area contributed by atoms with Crippen LogP contribution in [0, 0.1) is 0 Å². The van der Waals surface area contributed by atoms with Gasteiger partial charge in [0.15, 0.2) is 0 Å². The summed E-state index contributed by atoms with van der Waals surface area (Å²) in [5.41, 5.74) is 0.682. The molecule has 5 nitrogen and oxygen atoms in total. The number of ether oxygens (including phenoxy) is 1. The second-order valence-corrected chi connectivity index (χ2v) is 7.15. The zero-order valence-electron chi connectivity index (χ0n) is 14.3. The third-order valence-corrected chi connectivity index (χ3v) is 4.96. The Morgan fingerprint density at radius 3 is 2.22 bits per heavy atom. The SMILES string of the molecule is O=PC(F)(F)CC(CO)NC(=O)OCC1c2ccccc2-c2ccccc21. The number of carbonyl (C=O) groups excluding carboxylic acids is 1. The Kier molecular flexibility index (Phi) is 5.82. The lowest BCUT2D eigenvalue weighted by molar-refractivity contribution is 0.0607. The summed E-state index contributed by atoms with van der Waals surface area (Å²) in [4.78, 5) is 12.0. The second kappa shape index (κ2) is 8.11. The van der Waals surface area contributed by atoms with E-state index in [1.165, 1.54) is 0 Å². The van der Waals surface area contributed by atoms with Crippen LogP contribution in [0.3, 0.4) is 0 Å². The van der Waals surface area contributed by atoms with Crippen LogP contribution < -0.4 is 5.32 Å². The van der Waals surface area contributed by atoms with Gasteiger partial charge in [-0.25, -0.2) is 4.79 Å². The molecule has 142 valence electrons. The molecule has 0 heterocycles. The molecule has 27 heavy (non-hydrogen) atoms. The van der Waals surface area contributed by atoms with Crippen LogP contribution in [-0.4, -0.2) is 36.1 Å². The number of fused-ring (bicyclic) bond motifs is 3. The molecule has 3 rings (SSSR count). The maximum absolute atomic E-state index is 13.2. The van der Waals surface area contributed by atoms with Crippen molar-refractivity contribution in [2.75, 3.05) is 13.2 Å². The van der Waals surface area contributed by atoms with Gasteiger partial charge in [0.05, 0.1) is 12.6 Å². The maximum atomic E-state index is 13.2. The number of amides is 1. The summed E-state index contributed by atoms with van der Waals surface area (Å²) < 4.78 is 42.0. The number of carbonyl (C=O) groups is 1. The molecule has 2 N–H and O–H groups in total. The first-order chi connectivity index (χ1) is 12.9. The highest BCUT2D eigenvalue weighted by molar-refractivity contribution is 7.25. The van der Waals surface area contributed by atoms with Crippen LogP contribution >= 0.6 is 8.46 Å². The monoisotopic (exact) mass is 393 g/mol. The number of aliphatic hydroxyl groups is 1. The van der Waals surface area contributed by atoms with Crippen LogP contribution in [0.5, 0.6) is 0 Å². The van der Waals surface area contributed by atoms with Crippen molar-refractivity contribution in [2.24, 2.45) is 0 Å². The molecule has 1 atom stereocenters. The van der Waals surface area contributed by atoms with Crippen LogP contribution in [-0.2, 0) is 9.30 Å². The van der Waals surface area contributed by atoms with Crippen molar-refractivity contribution in [3.8, 4) is 11.1 Å². The normalized spacial score (nSPS) is 14.5. The summed E-state index contributed by atoms with van der Waals surface area (Å²) in [7, 11) is -1.36. The van der Waals surface area contributed by atoms with E-state index in [1.54, 1.807) is 0 Å². The van der Waals surface area contributed by atoms with Crippen molar-refractivity contribution in [1.29, 1.82) is 0 Å². The molecule has 0 aliphatic heterocycles. The van der Waals surface area contributed by atoms with Crippen LogP contribution in [0.25, 0.3) is 11.1 Å². The molecule has 2 aromatic carbocycles. The van der Waals surface area contributed by atoms with E-state index in [0.717, 1.165) is 22.3 Å². The average Bonchev–Trinajstić information content (AvgIpc) is 2.99. The summed E-state index contributed by atoms with van der Waals surface area (Å²) in [6.45, 7) is -0.677. The Balaban J connectivity index is 1.66. The summed E-state index contributed by atoms with van der Waals surface area (Å²) in [6.07, 6.45) is -1.85. The van der Waals surface area contributed by atoms with Crippen molar-refractivity contribution in [3.05, 3.63) is 59.7 Å². The lowest BCUT2D eigenvalue weighted by atomic mass is 9.98. The predicted octanol–water partition coefficient (Wildman–Crippen LogP) is 4.16. The van der Waals surface area contributed by atoms with Gasteiger partial charge in [0.25, 0.3) is 0 Å². The highest BCUT2D eigenvalue weighted by Crippen LogP contribution is 2.44. The molecular weight excluding hydrogens is 375 g/mol. The molecule has 0 radical (unpaired) electrons. The van der Waals surface area contributed by atoms with Gasteiger partial charge >= 0.3 is 11.8 Å². The number of benzene rings is 2. The van der Waals surface area contributed by atoms with Gasteiger partial charge in [0.1, 0.15) is 6.61 Å². The molecule has 0 saturated carbocycles. The zero-order chi connectivity index (χ0) is 19.4. The molecule has 2 aromatic rings. The molecule has 1 amide bonds. The Morgan fingerprint density at radius 1 is 1.15 bits per heavy atom. The Bertz CT molecular complexity index is 800. The van der Waals surface area contributed by atoms with Crippen molar-refractivity contribution in [1.82, 2.24) is 5.32 Å². The molecule has 0 bridgehead atoms. The summed E-state index contributed by atoms with van der Waals surface area (Å²) in [6, 6.07) is 14.4. The number of aliphatic hydroxyl groups excluding tert-OH is 1. The predicted molar refractivity (Wildman–Crippen MR) is 96.2 cm³/mol. The van der Waals surface area contributed by atoms with E-state index in [1.807, 2.05) is 48.5 Å². The van der Waals surface area contributed by atoms with Gasteiger partial charge in [-0.3, -0.25) is 4.57 Å². The smallest absolute Gasteiger partial charge is 0.407 e. The van der Waals surface area contributed by atoms with Crippen LogP contribution in [0.2, 0.25) is 0 Å². The molecule has 0 saturated heterocycles. The van der Waals surface area contributed by atoms with Crippen molar-refractivity contribution in [3.63, 3.8) is 0 Å². The van der Waals surface area contributed by atoms with Gasteiger partial charge in [-0.15, -0.1) is 0 Å². The number of halogens is 2. The Labute approximate surface area is 156 Å². The summed E-state index contributed by atoms with van der Waals surface area (Å²) >= 11 is 0. The first kappa shape index (κ1) is 19.4. The quantitative estimate of drug-likeness (QED) is 0.693. The van der Waals surface area contributed by atoms with E-state index in [-0.39, 0.29) is 12.5 Å². The molecule has 1 aliphatic rings. The van der Waals surface area contributed by atoms with Gasteiger partial charge in [-0.1, -0.05) is 48.5 Å². The van der Waals surface area contributed by atoms with Crippen LogP contribution in [0.1, 0.15) is 23.5 Å². The zero-order valence-corrected chi connectivity index (χ0v) is 15.2.